The van der Waals surface area contributed by atoms with Gasteiger partial charge < -0.3 is 9.13 Å². The van der Waals surface area contributed by atoms with Crippen molar-refractivity contribution in [3.05, 3.63) is 35.7 Å². The van der Waals surface area contributed by atoms with Crippen molar-refractivity contribution in [2.75, 3.05) is 0 Å². The second kappa shape index (κ2) is 7.61. The first-order chi connectivity index (χ1) is 13.2. The third-order valence-electron chi connectivity index (χ3n) is 4.53. The fraction of sp³-hybridized carbons (Fsp3) is 0.500. The van der Waals surface area contributed by atoms with Crippen molar-refractivity contribution in [1.82, 2.24) is 39.0 Å². The molecule has 8 nitrogen and oxygen atoms in total. The Morgan fingerprint density at radius 3 is 1.29 bits per heavy atom. The lowest BCUT2D eigenvalue weighted by atomic mass is 10.3. The van der Waals surface area contributed by atoms with Crippen molar-refractivity contribution in [2.45, 2.75) is 67.5 Å². The predicted octanol–water partition coefficient (Wildman–Crippen LogP) is 4.05. The maximum absolute atomic E-state index is 4.41. The largest absolute Gasteiger partial charge is 0.313 e. The molecule has 4 aromatic rings. The minimum absolute atomic E-state index is 0.383. The fourth-order valence-corrected chi connectivity index (χ4v) is 3.14. The van der Waals surface area contributed by atoms with Crippen LogP contribution in [-0.2, 0) is 0 Å². The molecule has 4 rings (SSSR count). The molecule has 0 saturated heterocycles. The van der Waals surface area contributed by atoms with Gasteiger partial charge in [0, 0.05) is 12.1 Å². The number of hydrogen-bond acceptors (Lipinski definition) is 6. The lowest BCUT2D eigenvalue weighted by Gasteiger charge is -2.07. The van der Waals surface area contributed by atoms with Crippen LogP contribution in [0.4, 0.5) is 0 Å². The molecule has 0 aromatic carbocycles. The van der Waals surface area contributed by atoms with Gasteiger partial charge in [-0.2, -0.15) is 0 Å². The van der Waals surface area contributed by atoms with Crippen molar-refractivity contribution in [2.24, 2.45) is 0 Å². The molecule has 0 unspecified atom stereocenters. The Kier molecular flexibility index (Phi) is 5.40. The average Bonchev–Trinajstić information content (AvgIpc) is 3.19. The zero-order valence-corrected chi connectivity index (χ0v) is 17.9. The highest BCUT2D eigenvalue weighted by atomic mass is 15.1. The van der Waals surface area contributed by atoms with E-state index < -0.39 is 0 Å². The van der Waals surface area contributed by atoms with Crippen molar-refractivity contribution in [3.63, 3.8) is 0 Å². The Morgan fingerprint density at radius 2 is 0.964 bits per heavy atom. The monoisotopic (exact) mass is 380 g/mol. The summed E-state index contributed by atoms with van der Waals surface area (Å²) in [4.78, 5) is 26.0. The SMILES string of the molecule is Cc1nc(C)c2ncn(C(C)C)c2n1.Cc1nc(C)c2ncn(C(C)C)c2n1. The molecule has 0 atom stereocenters. The van der Waals surface area contributed by atoms with Gasteiger partial charge in [0.05, 0.1) is 24.0 Å². The molecule has 148 valence electrons. The zero-order chi connectivity index (χ0) is 20.6. The van der Waals surface area contributed by atoms with Gasteiger partial charge in [-0.1, -0.05) is 0 Å². The van der Waals surface area contributed by atoms with Gasteiger partial charge in [-0.05, 0) is 55.4 Å². The predicted molar refractivity (Wildman–Crippen MR) is 110 cm³/mol. The number of aryl methyl sites for hydroxylation is 4. The van der Waals surface area contributed by atoms with E-state index >= 15 is 0 Å². The van der Waals surface area contributed by atoms with Crippen LogP contribution in [0.1, 0.15) is 62.8 Å². The first kappa shape index (κ1) is 19.9. The topological polar surface area (TPSA) is 87.2 Å². The Balaban J connectivity index is 0.000000161. The van der Waals surface area contributed by atoms with E-state index in [4.69, 9.17) is 0 Å². The molecule has 0 fully saturated rings. The number of rotatable bonds is 2. The number of nitrogens with zero attached hydrogens (tertiary/aromatic N) is 8. The normalized spacial score (nSPS) is 11.5. The van der Waals surface area contributed by atoms with Gasteiger partial charge in [-0.3, -0.25) is 0 Å². The smallest absolute Gasteiger partial charge is 0.164 e. The van der Waals surface area contributed by atoms with E-state index in [1.54, 1.807) is 0 Å². The van der Waals surface area contributed by atoms with Crippen molar-refractivity contribution in [3.8, 4) is 0 Å². The van der Waals surface area contributed by atoms with Crippen LogP contribution in [0.2, 0.25) is 0 Å². The summed E-state index contributed by atoms with van der Waals surface area (Å²) in [7, 11) is 0. The maximum Gasteiger partial charge on any atom is 0.164 e. The van der Waals surface area contributed by atoms with Gasteiger partial charge in [0.1, 0.15) is 22.7 Å². The van der Waals surface area contributed by atoms with Gasteiger partial charge in [-0.25, -0.2) is 29.9 Å². The molecule has 8 heteroatoms. The summed E-state index contributed by atoms with van der Waals surface area (Å²) < 4.78 is 4.13. The third-order valence-corrected chi connectivity index (χ3v) is 4.53. The van der Waals surface area contributed by atoms with Gasteiger partial charge in [0.15, 0.2) is 11.3 Å². The van der Waals surface area contributed by atoms with Crippen LogP contribution < -0.4 is 0 Å². The van der Waals surface area contributed by atoms with Crippen LogP contribution >= 0.6 is 0 Å². The molecule has 4 heterocycles. The lowest BCUT2D eigenvalue weighted by molar-refractivity contribution is 0.612. The van der Waals surface area contributed by atoms with Crippen molar-refractivity contribution < 1.29 is 0 Å². The summed E-state index contributed by atoms with van der Waals surface area (Å²) in [6.45, 7) is 16.2. The van der Waals surface area contributed by atoms with Crippen molar-refractivity contribution >= 4 is 22.3 Å². The maximum atomic E-state index is 4.41. The molecular weight excluding hydrogens is 352 g/mol. The van der Waals surface area contributed by atoms with Crippen LogP contribution in [0, 0.1) is 27.7 Å². The molecular formula is C20H28N8. The van der Waals surface area contributed by atoms with Crippen LogP contribution in [0.5, 0.6) is 0 Å². The van der Waals surface area contributed by atoms with E-state index in [9.17, 15) is 0 Å². The number of fused-ring (bicyclic) bond motifs is 2. The van der Waals surface area contributed by atoms with Gasteiger partial charge in [0.2, 0.25) is 0 Å². The fourth-order valence-electron chi connectivity index (χ4n) is 3.14. The van der Waals surface area contributed by atoms with Crippen LogP contribution in [0.15, 0.2) is 12.7 Å². The molecule has 0 spiro atoms. The molecule has 28 heavy (non-hydrogen) atoms. The highest BCUT2D eigenvalue weighted by Gasteiger charge is 2.11. The second-order valence-corrected chi connectivity index (χ2v) is 7.55. The van der Waals surface area contributed by atoms with Crippen molar-refractivity contribution in [1.29, 1.82) is 0 Å². The summed E-state index contributed by atoms with van der Waals surface area (Å²) in [6, 6.07) is 0.766. The average molecular weight is 381 g/mol. The summed E-state index contributed by atoms with van der Waals surface area (Å²) in [5.74, 6) is 1.61. The van der Waals surface area contributed by atoms with Crippen LogP contribution in [0.25, 0.3) is 22.3 Å². The summed E-state index contributed by atoms with van der Waals surface area (Å²) in [6.07, 6.45) is 3.66. The van der Waals surface area contributed by atoms with Crippen LogP contribution in [-0.4, -0.2) is 39.0 Å². The van der Waals surface area contributed by atoms with E-state index in [1.807, 2.05) is 40.3 Å². The molecule has 0 N–H and O–H groups in total. The first-order valence-corrected chi connectivity index (χ1v) is 9.54. The minimum Gasteiger partial charge on any atom is -0.313 e. The third kappa shape index (κ3) is 3.72. The highest BCUT2D eigenvalue weighted by molar-refractivity contribution is 5.73. The van der Waals surface area contributed by atoms with E-state index in [-0.39, 0.29) is 0 Å². The number of imidazole rings is 2. The quantitative estimate of drug-likeness (QED) is 0.521. The van der Waals surface area contributed by atoms with Gasteiger partial charge in [-0.15, -0.1) is 0 Å². The standard InChI is InChI=1S/2C10H14N4/c2*1-6(2)14-5-11-9-7(3)12-8(4)13-10(9)14/h2*5-6H,1-4H3. The van der Waals surface area contributed by atoms with Gasteiger partial charge >= 0.3 is 0 Å². The Bertz CT molecular complexity index is 1030. The Labute approximate surface area is 165 Å². The van der Waals surface area contributed by atoms with Gasteiger partial charge in [0.25, 0.3) is 0 Å². The van der Waals surface area contributed by atoms with E-state index in [0.29, 0.717) is 12.1 Å². The molecule has 0 aliphatic rings. The van der Waals surface area contributed by atoms with E-state index in [1.165, 1.54) is 0 Å². The second-order valence-electron chi connectivity index (χ2n) is 7.55. The lowest BCUT2D eigenvalue weighted by Crippen LogP contribution is -2.01. The molecule has 0 aliphatic heterocycles. The highest BCUT2D eigenvalue weighted by Crippen LogP contribution is 2.18. The van der Waals surface area contributed by atoms with Crippen LogP contribution in [0.3, 0.4) is 0 Å². The molecule has 0 bridgehead atoms. The Morgan fingerprint density at radius 1 is 0.607 bits per heavy atom. The number of hydrogen-bond donors (Lipinski definition) is 0. The molecule has 0 amide bonds. The number of aromatic nitrogens is 8. The molecule has 0 aliphatic carbocycles. The summed E-state index contributed by atoms with van der Waals surface area (Å²) >= 11 is 0. The molecule has 4 aromatic heterocycles. The zero-order valence-electron chi connectivity index (χ0n) is 17.9. The van der Waals surface area contributed by atoms with E-state index in [2.05, 4.69) is 66.7 Å². The minimum atomic E-state index is 0.383. The summed E-state index contributed by atoms with van der Waals surface area (Å²) in [5.41, 5.74) is 5.59. The molecule has 0 saturated carbocycles. The molecule has 0 radical (unpaired) electrons. The summed E-state index contributed by atoms with van der Waals surface area (Å²) in [5, 5.41) is 0. The Hall–Kier alpha value is -2.90. The van der Waals surface area contributed by atoms with E-state index in [0.717, 1.165) is 45.4 Å². The first-order valence-electron chi connectivity index (χ1n) is 9.54.